The summed E-state index contributed by atoms with van der Waals surface area (Å²) < 4.78 is 1.93. The van der Waals surface area contributed by atoms with Crippen molar-refractivity contribution in [1.29, 1.82) is 0 Å². The van der Waals surface area contributed by atoms with Gasteiger partial charge in [-0.2, -0.15) is 5.10 Å². The first-order valence-electron chi connectivity index (χ1n) is 6.28. The lowest BCUT2D eigenvalue weighted by Crippen LogP contribution is -2.17. The first-order valence-corrected chi connectivity index (χ1v) is 6.28. The SMILES string of the molecule is CCn1cc(CN(C)c2ncnc3[nH]ccc23)cn1. The molecule has 3 aromatic heterocycles. The van der Waals surface area contributed by atoms with Gasteiger partial charge < -0.3 is 9.88 Å². The summed E-state index contributed by atoms with van der Waals surface area (Å²) in [6.07, 6.45) is 7.42. The third-order valence-corrected chi connectivity index (χ3v) is 3.12. The Morgan fingerprint density at radius 2 is 2.26 bits per heavy atom. The van der Waals surface area contributed by atoms with Crippen LogP contribution in [0, 0.1) is 0 Å². The zero-order valence-electron chi connectivity index (χ0n) is 11.0. The molecular formula is C13H16N6. The average Bonchev–Trinajstić information content (AvgIpc) is 3.05. The summed E-state index contributed by atoms with van der Waals surface area (Å²) in [7, 11) is 2.03. The van der Waals surface area contributed by atoms with Crippen molar-refractivity contribution in [3.05, 3.63) is 36.5 Å². The van der Waals surface area contributed by atoms with Crippen molar-refractivity contribution in [2.75, 3.05) is 11.9 Å². The average molecular weight is 256 g/mol. The summed E-state index contributed by atoms with van der Waals surface area (Å²) in [6.45, 7) is 3.74. The second-order valence-corrected chi connectivity index (χ2v) is 4.50. The smallest absolute Gasteiger partial charge is 0.142 e. The summed E-state index contributed by atoms with van der Waals surface area (Å²) in [5.41, 5.74) is 2.03. The predicted octanol–water partition coefficient (Wildman–Crippen LogP) is 1.81. The van der Waals surface area contributed by atoms with E-state index < -0.39 is 0 Å². The van der Waals surface area contributed by atoms with Crippen molar-refractivity contribution in [2.45, 2.75) is 20.0 Å². The van der Waals surface area contributed by atoms with E-state index in [0.29, 0.717) is 0 Å². The Balaban J connectivity index is 1.87. The summed E-state index contributed by atoms with van der Waals surface area (Å²) >= 11 is 0. The predicted molar refractivity (Wildman–Crippen MR) is 73.9 cm³/mol. The van der Waals surface area contributed by atoms with Crippen LogP contribution in [-0.4, -0.2) is 31.8 Å². The molecule has 19 heavy (non-hydrogen) atoms. The number of H-pyrrole nitrogens is 1. The quantitative estimate of drug-likeness (QED) is 0.773. The zero-order chi connectivity index (χ0) is 13.2. The number of aromatic amines is 1. The van der Waals surface area contributed by atoms with Gasteiger partial charge in [0.25, 0.3) is 0 Å². The van der Waals surface area contributed by atoms with E-state index in [1.807, 2.05) is 30.2 Å². The Hall–Kier alpha value is -2.37. The number of fused-ring (bicyclic) bond motifs is 1. The number of hydrogen-bond acceptors (Lipinski definition) is 4. The number of anilines is 1. The Kier molecular flexibility index (Phi) is 2.91. The molecule has 0 aliphatic carbocycles. The van der Waals surface area contributed by atoms with Crippen molar-refractivity contribution in [2.24, 2.45) is 0 Å². The fourth-order valence-corrected chi connectivity index (χ4v) is 2.17. The van der Waals surface area contributed by atoms with Crippen LogP contribution in [0.3, 0.4) is 0 Å². The minimum absolute atomic E-state index is 0.775. The van der Waals surface area contributed by atoms with Crippen LogP contribution in [0.2, 0.25) is 0 Å². The molecule has 3 aromatic rings. The highest BCUT2D eigenvalue weighted by Crippen LogP contribution is 2.21. The fourth-order valence-electron chi connectivity index (χ4n) is 2.17. The van der Waals surface area contributed by atoms with Gasteiger partial charge in [0.2, 0.25) is 0 Å². The molecule has 0 aliphatic rings. The molecule has 0 saturated carbocycles. The van der Waals surface area contributed by atoms with Crippen LogP contribution in [0.4, 0.5) is 5.82 Å². The Bertz CT molecular complexity index is 683. The largest absolute Gasteiger partial charge is 0.355 e. The lowest BCUT2D eigenvalue weighted by molar-refractivity contribution is 0.659. The van der Waals surface area contributed by atoms with Gasteiger partial charge in [-0.25, -0.2) is 9.97 Å². The molecule has 0 saturated heterocycles. The lowest BCUT2D eigenvalue weighted by Gasteiger charge is -2.17. The Morgan fingerprint density at radius 1 is 1.37 bits per heavy atom. The fraction of sp³-hybridized carbons (Fsp3) is 0.308. The number of nitrogens with one attached hydrogen (secondary N) is 1. The third kappa shape index (κ3) is 2.16. The first-order chi connectivity index (χ1) is 9.28. The molecule has 0 aliphatic heterocycles. The van der Waals surface area contributed by atoms with Gasteiger partial charge in [-0.15, -0.1) is 0 Å². The van der Waals surface area contributed by atoms with Crippen molar-refractivity contribution in [3.63, 3.8) is 0 Å². The topological polar surface area (TPSA) is 62.6 Å². The van der Waals surface area contributed by atoms with Gasteiger partial charge in [-0.3, -0.25) is 4.68 Å². The molecule has 98 valence electrons. The van der Waals surface area contributed by atoms with Gasteiger partial charge in [0.1, 0.15) is 17.8 Å². The molecule has 0 spiro atoms. The van der Waals surface area contributed by atoms with Crippen LogP contribution in [-0.2, 0) is 13.1 Å². The van der Waals surface area contributed by atoms with E-state index in [0.717, 1.165) is 29.9 Å². The van der Waals surface area contributed by atoms with Gasteiger partial charge in [-0.05, 0) is 13.0 Å². The maximum atomic E-state index is 4.37. The molecule has 0 aromatic carbocycles. The Labute approximate surface area is 111 Å². The highest BCUT2D eigenvalue weighted by molar-refractivity contribution is 5.87. The lowest BCUT2D eigenvalue weighted by atomic mass is 10.3. The van der Waals surface area contributed by atoms with Gasteiger partial charge in [0.15, 0.2) is 0 Å². The van der Waals surface area contributed by atoms with Crippen LogP contribution in [0.5, 0.6) is 0 Å². The van der Waals surface area contributed by atoms with Crippen LogP contribution >= 0.6 is 0 Å². The number of nitrogens with zero attached hydrogens (tertiary/aromatic N) is 5. The summed E-state index contributed by atoms with van der Waals surface area (Å²) in [4.78, 5) is 13.8. The van der Waals surface area contributed by atoms with Crippen LogP contribution < -0.4 is 4.90 Å². The van der Waals surface area contributed by atoms with E-state index in [1.165, 1.54) is 5.56 Å². The number of hydrogen-bond donors (Lipinski definition) is 1. The molecular weight excluding hydrogens is 240 g/mol. The standard InChI is InChI=1S/C13H16N6/c1-3-19-8-10(6-17-19)7-18(2)13-11-4-5-14-12(11)15-9-16-13/h4-6,8-9H,3,7H2,1-2H3,(H,14,15,16). The van der Waals surface area contributed by atoms with E-state index in [1.54, 1.807) is 6.33 Å². The molecule has 0 radical (unpaired) electrons. The minimum Gasteiger partial charge on any atom is -0.355 e. The minimum atomic E-state index is 0.775. The van der Waals surface area contributed by atoms with Gasteiger partial charge >= 0.3 is 0 Å². The van der Waals surface area contributed by atoms with E-state index in [-0.39, 0.29) is 0 Å². The second kappa shape index (κ2) is 4.72. The van der Waals surface area contributed by atoms with Crippen LogP contribution in [0.25, 0.3) is 11.0 Å². The van der Waals surface area contributed by atoms with Gasteiger partial charge in [0.05, 0.1) is 11.6 Å². The highest BCUT2D eigenvalue weighted by Gasteiger charge is 2.10. The monoisotopic (exact) mass is 256 g/mol. The highest BCUT2D eigenvalue weighted by atomic mass is 15.3. The van der Waals surface area contributed by atoms with E-state index in [2.05, 4.69) is 38.1 Å². The molecule has 0 unspecified atom stereocenters. The maximum absolute atomic E-state index is 4.37. The van der Waals surface area contributed by atoms with E-state index in [9.17, 15) is 0 Å². The molecule has 0 bridgehead atoms. The summed E-state index contributed by atoms with van der Waals surface area (Å²) in [5, 5.41) is 5.32. The normalized spacial score (nSPS) is 11.1. The first kappa shape index (κ1) is 11.7. The summed E-state index contributed by atoms with van der Waals surface area (Å²) in [6, 6.07) is 2.00. The van der Waals surface area contributed by atoms with E-state index >= 15 is 0 Å². The summed E-state index contributed by atoms with van der Waals surface area (Å²) in [5.74, 6) is 0.926. The molecule has 0 atom stereocenters. The van der Waals surface area contributed by atoms with Gasteiger partial charge in [-0.1, -0.05) is 0 Å². The second-order valence-electron chi connectivity index (χ2n) is 4.50. The number of aromatic nitrogens is 5. The van der Waals surface area contributed by atoms with Crippen molar-refractivity contribution >= 4 is 16.9 Å². The maximum Gasteiger partial charge on any atom is 0.142 e. The Morgan fingerprint density at radius 3 is 3.05 bits per heavy atom. The molecule has 6 nitrogen and oxygen atoms in total. The molecule has 3 rings (SSSR count). The molecule has 0 amide bonds. The van der Waals surface area contributed by atoms with Crippen molar-refractivity contribution in [1.82, 2.24) is 24.7 Å². The molecule has 3 heterocycles. The molecule has 1 N–H and O–H groups in total. The van der Waals surface area contributed by atoms with Crippen molar-refractivity contribution in [3.8, 4) is 0 Å². The van der Waals surface area contributed by atoms with E-state index in [4.69, 9.17) is 0 Å². The van der Waals surface area contributed by atoms with Crippen molar-refractivity contribution < 1.29 is 0 Å². The number of rotatable bonds is 4. The molecule has 0 fully saturated rings. The third-order valence-electron chi connectivity index (χ3n) is 3.12. The van der Waals surface area contributed by atoms with Crippen LogP contribution in [0.15, 0.2) is 31.0 Å². The van der Waals surface area contributed by atoms with Crippen LogP contribution in [0.1, 0.15) is 12.5 Å². The molecule has 6 heteroatoms. The zero-order valence-corrected chi connectivity index (χ0v) is 11.0. The van der Waals surface area contributed by atoms with Gasteiger partial charge in [0, 0.05) is 38.1 Å². The number of aryl methyl sites for hydroxylation is 1.